The van der Waals surface area contributed by atoms with Crippen LogP contribution in [0.2, 0.25) is 0 Å². The molecule has 0 heterocycles. The molecule has 1 rings (SSSR count). The highest BCUT2D eigenvalue weighted by atomic mass is 19.1. The number of rotatable bonds is 4. The van der Waals surface area contributed by atoms with Gasteiger partial charge in [0.2, 0.25) is 6.17 Å². The van der Waals surface area contributed by atoms with Gasteiger partial charge in [-0.15, -0.1) is 0 Å². The first-order valence-corrected chi connectivity index (χ1v) is 4.20. The smallest absolute Gasteiger partial charge is 0.341 e. The van der Waals surface area contributed by atoms with Crippen molar-refractivity contribution < 1.29 is 24.1 Å². The van der Waals surface area contributed by atoms with Crippen LogP contribution in [0.15, 0.2) is 0 Å². The number of carbonyl (C=O) groups is 1. The molecule has 2 N–H and O–H groups in total. The normalized spacial score (nSPS) is 35.2. The van der Waals surface area contributed by atoms with E-state index in [0.717, 1.165) is 0 Å². The molecule has 0 aliphatic heterocycles. The molecule has 0 aromatic rings. The second kappa shape index (κ2) is 3.59. The second-order valence-corrected chi connectivity index (χ2v) is 3.29. The van der Waals surface area contributed by atoms with E-state index in [9.17, 15) is 14.3 Å². The van der Waals surface area contributed by atoms with Gasteiger partial charge in [-0.25, -0.2) is 9.18 Å². The van der Waals surface area contributed by atoms with Crippen molar-refractivity contribution in [1.82, 2.24) is 0 Å². The summed E-state index contributed by atoms with van der Waals surface area (Å²) in [6, 6.07) is 0. The van der Waals surface area contributed by atoms with Gasteiger partial charge in [-0.05, 0) is 6.92 Å². The van der Waals surface area contributed by atoms with Crippen molar-refractivity contribution in [3.8, 4) is 0 Å². The van der Waals surface area contributed by atoms with Crippen molar-refractivity contribution in [1.29, 1.82) is 0 Å². The van der Waals surface area contributed by atoms with Crippen molar-refractivity contribution in [2.24, 2.45) is 0 Å². The minimum absolute atomic E-state index is 0.0638. The summed E-state index contributed by atoms with van der Waals surface area (Å²) in [6.45, 7) is 2.28. The lowest BCUT2D eigenvalue weighted by Crippen LogP contribution is -2.57. The van der Waals surface area contributed by atoms with Crippen LogP contribution >= 0.6 is 0 Å². The number of alkyl halides is 1. The fourth-order valence-electron chi connectivity index (χ4n) is 1.52. The summed E-state index contributed by atoms with van der Waals surface area (Å²) < 4.78 is 17.9. The number of aliphatic hydroxyl groups is 1. The first-order valence-electron chi connectivity index (χ1n) is 4.20. The van der Waals surface area contributed by atoms with Crippen molar-refractivity contribution in [3.63, 3.8) is 0 Å². The molecule has 0 amide bonds. The third kappa shape index (κ3) is 1.97. The number of hydrogen-bond acceptors (Lipinski definition) is 3. The first kappa shape index (κ1) is 10.4. The van der Waals surface area contributed by atoms with Crippen molar-refractivity contribution >= 4 is 5.97 Å². The summed E-state index contributed by atoms with van der Waals surface area (Å²) in [6.07, 6.45) is -2.28. The number of carboxylic acid groups (broad SMARTS) is 1. The molecule has 1 unspecified atom stereocenters. The van der Waals surface area contributed by atoms with Crippen LogP contribution in [-0.4, -0.2) is 40.7 Å². The van der Waals surface area contributed by atoms with Gasteiger partial charge in [-0.3, -0.25) is 0 Å². The maximum atomic E-state index is 12.9. The fraction of sp³-hybridized carbons (Fsp3) is 0.875. The molecule has 0 spiro atoms. The molecule has 0 radical (unpaired) electrons. The SMILES string of the molecule is CCOC1CC(O)(C(F)C(=O)O)C1. The van der Waals surface area contributed by atoms with E-state index in [-0.39, 0.29) is 18.9 Å². The molecule has 1 aliphatic carbocycles. The summed E-state index contributed by atoms with van der Waals surface area (Å²) in [5.41, 5.74) is -1.72. The predicted octanol–water partition coefficient (Wildman–Crippen LogP) is 0.339. The molecular weight excluding hydrogens is 179 g/mol. The third-order valence-electron chi connectivity index (χ3n) is 2.25. The Morgan fingerprint density at radius 1 is 1.77 bits per heavy atom. The molecule has 5 heteroatoms. The summed E-state index contributed by atoms with van der Waals surface area (Å²) in [7, 11) is 0. The lowest BCUT2D eigenvalue weighted by atomic mass is 9.74. The zero-order valence-corrected chi connectivity index (χ0v) is 7.36. The molecule has 0 bridgehead atoms. The van der Waals surface area contributed by atoms with Gasteiger partial charge in [0.1, 0.15) is 5.60 Å². The summed E-state index contributed by atoms with van der Waals surface area (Å²) in [5.74, 6) is -1.61. The Hall–Kier alpha value is -0.680. The standard InChI is InChI=1S/C8H13FO4/c1-2-13-5-3-8(12,4-5)6(9)7(10)11/h5-6,12H,2-4H2,1H3,(H,10,11). The number of halogens is 1. The molecule has 1 atom stereocenters. The monoisotopic (exact) mass is 192 g/mol. The summed E-state index contributed by atoms with van der Waals surface area (Å²) >= 11 is 0. The fourth-order valence-corrected chi connectivity index (χ4v) is 1.52. The van der Waals surface area contributed by atoms with Gasteiger partial charge in [0.05, 0.1) is 6.10 Å². The van der Waals surface area contributed by atoms with E-state index in [1.54, 1.807) is 6.92 Å². The number of hydrogen-bond donors (Lipinski definition) is 2. The first-order chi connectivity index (χ1) is 5.99. The minimum Gasteiger partial charge on any atom is -0.479 e. The van der Waals surface area contributed by atoms with Gasteiger partial charge < -0.3 is 14.9 Å². The molecule has 1 saturated carbocycles. The zero-order valence-electron chi connectivity index (χ0n) is 7.36. The molecule has 1 fully saturated rings. The molecule has 1 aliphatic rings. The highest BCUT2D eigenvalue weighted by Gasteiger charge is 2.52. The molecular formula is C8H13FO4. The quantitative estimate of drug-likeness (QED) is 0.674. The Morgan fingerprint density at radius 2 is 2.31 bits per heavy atom. The topological polar surface area (TPSA) is 66.8 Å². The summed E-state index contributed by atoms with van der Waals surface area (Å²) in [5, 5.41) is 17.7. The summed E-state index contributed by atoms with van der Waals surface area (Å²) in [4.78, 5) is 10.2. The van der Waals surface area contributed by atoms with Crippen LogP contribution in [0.5, 0.6) is 0 Å². The predicted molar refractivity (Wildman–Crippen MR) is 42.1 cm³/mol. The Labute approximate surface area is 75.3 Å². The maximum Gasteiger partial charge on any atom is 0.341 e. The third-order valence-corrected chi connectivity index (χ3v) is 2.25. The molecule has 76 valence electrons. The average Bonchev–Trinajstić information content (AvgIpc) is 2.00. The van der Waals surface area contributed by atoms with Gasteiger partial charge in [0.25, 0.3) is 0 Å². The molecule has 4 nitrogen and oxygen atoms in total. The van der Waals surface area contributed by atoms with Crippen LogP contribution in [0.1, 0.15) is 19.8 Å². The Balaban J connectivity index is 2.41. The Morgan fingerprint density at radius 3 is 2.69 bits per heavy atom. The van der Waals surface area contributed by atoms with Gasteiger partial charge in [0, 0.05) is 19.4 Å². The average molecular weight is 192 g/mol. The van der Waals surface area contributed by atoms with E-state index >= 15 is 0 Å². The zero-order chi connectivity index (χ0) is 10.1. The van der Waals surface area contributed by atoms with Crippen LogP contribution in [0.3, 0.4) is 0 Å². The lowest BCUT2D eigenvalue weighted by molar-refractivity contribution is -0.187. The van der Waals surface area contributed by atoms with Crippen LogP contribution in [0, 0.1) is 0 Å². The lowest BCUT2D eigenvalue weighted by Gasteiger charge is -2.43. The number of carboxylic acids is 1. The molecule has 0 saturated heterocycles. The maximum absolute atomic E-state index is 12.9. The second-order valence-electron chi connectivity index (χ2n) is 3.29. The largest absolute Gasteiger partial charge is 0.479 e. The van der Waals surface area contributed by atoms with Crippen LogP contribution in [-0.2, 0) is 9.53 Å². The molecule has 0 aromatic heterocycles. The molecule has 0 aromatic carbocycles. The van der Waals surface area contributed by atoms with Crippen molar-refractivity contribution in [3.05, 3.63) is 0 Å². The van der Waals surface area contributed by atoms with Crippen molar-refractivity contribution in [2.45, 2.75) is 37.6 Å². The highest BCUT2D eigenvalue weighted by molar-refractivity contribution is 5.74. The van der Waals surface area contributed by atoms with Gasteiger partial charge in [0.15, 0.2) is 0 Å². The van der Waals surface area contributed by atoms with Gasteiger partial charge >= 0.3 is 5.97 Å². The van der Waals surface area contributed by atoms with Crippen molar-refractivity contribution in [2.75, 3.05) is 6.61 Å². The van der Waals surface area contributed by atoms with Gasteiger partial charge in [-0.1, -0.05) is 0 Å². The van der Waals surface area contributed by atoms with Crippen LogP contribution in [0.4, 0.5) is 4.39 Å². The highest BCUT2D eigenvalue weighted by Crippen LogP contribution is 2.38. The Kier molecular flexibility index (Phi) is 2.87. The minimum atomic E-state index is -2.20. The van der Waals surface area contributed by atoms with E-state index in [0.29, 0.717) is 6.61 Å². The molecule has 13 heavy (non-hydrogen) atoms. The van der Waals surface area contributed by atoms with Crippen LogP contribution < -0.4 is 0 Å². The Bertz CT molecular complexity index is 200. The van der Waals surface area contributed by atoms with E-state index in [1.807, 2.05) is 0 Å². The van der Waals surface area contributed by atoms with E-state index in [4.69, 9.17) is 9.84 Å². The van der Waals surface area contributed by atoms with E-state index < -0.39 is 17.7 Å². The number of ether oxygens (including phenoxy) is 1. The van der Waals surface area contributed by atoms with Crippen LogP contribution in [0.25, 0.3) is 0 Å². The van der Waals surface area contributed by atoms with E-state index in [2.05, 4.69) is 0 Å². The van der Waals surface area contributed by atoms with Gasteiger partial charge in [-0.2, -0.15) is 0 Å². The van der Waals surface area contributed by atoms with E-state index in [1.165, 1.54) is 0 Å². The number of aliphatic carboxylic acids is 1.